The van der Waals surface area contributed by atoms with Crippen molar-refractivity contribution in [2.75, 3.05) is 24.4 Å². The Morgan fingerprint density at radius 1 is 1.26 bits per heavy atom. The number of rotatable bonds is 7. The second kappa shape index (κ2) is 9.20. The number of methoxy groups -OCH3 is 1. The summed E-state index contributed by atoms with van der Waals surface area (Å²) in [5.41, 5.74) is 1.75. The fourth-order valence-electron chi connectivity index (χ4n) is 4.99. The summed E-state index contributed by atoms with van der Waals surface area (Å²) >= 11 is 0. The van der Waals surface area contributed by atoms with E-state index in [2.05, 4.69) is 32.4 Å². The molecule has 3 atom stereocenters. The van der Waals surface area contributed by atoms with Gasteiger partial charge in [-0.15, -0.1) is 0 Å². The van der Waals surface area contributed by atoms with E-state index < -0.39 is 0 Å². The molecule has 0 spiro atoms. The second-order valence-corrected chi connectivity index (χ2v) is 8.83. The van der Waals surface area contributed by atoms with Crippen LogP contribution in [0.2, 0.25) is 0 Å². The van der Waals surface area contributed by atoms with Gasteiger partial charge in [-0.3, -0.25) is 10.1 Å². The molecule has 0 radical (unpaired) electrons. The molecule has 34 heavy (non-hydrogen) atoms. The van der Waals surface area contributed by atoms with E-state index in [1.165, 1.54) is 0 Å². The number of ether oxygens (including phenoxy) is 2. The van der Waals surface area contributed by atoms with Gasteiger partial charge < -0.3 is 25.0 Å². The Balaban J connectivity index is 1.40. The summed E-state index contributed by atoms with van der Waals surface area (Å²) in [4.78, 5) is 23.9. The number of anilines is 3. The van der Waals surface area contributed by atoms with E-state index in [9.17, 15) is 4.79 Å². The number of aromatic amines is 1. The number of nitrogens with zero attached hydrogens (tertiary/aromatic N) is 4. The van der Waals surface area contributed by atoms with Gasteiger partial charge in [-0.2, -0.15) is 5.10 Å². The Kier molecular flexibility index (Phi) is 5.95. The molecule has 3 aromatic heterocycles. The third-order valence-electron chi connectivity index (χ3n) is 6.46. The van der Waals surface area contributed by atoms with Crippen molar-refractivity contribution in [2.24, 2.45) is 0 Å². The van der Waals surface area contributed by atoms with Crippen LogP contribution in [0.1, 0.15) is 31.4 Å². The highest BCUT2D eigenvalue weighted by Crippen LogP contribution is 2.38. The zero-order valence-electron chi connectivity index (χ0n) is 19.4. The maximum Gasteiger partial charge on any atom is 0.410 e. The smallest absolute Gasteiger partial charge is 0.410 e. The molecule has 5 heterocycles. The zero-order chi connectivity index (χ0) is 23.7. The van der Waals surface area contributed by atoms with Crippen LogP contribution >= 0.6 is 0 Å². The molecule has 0 saturated carbocycles. The van der Waals surface area contributed by atoms with E-state index in [0.29, 0.717) is 17.4 Å². The number of carbonyl (C=O) groups excluding carboxylic acids is 1. The van der Waals surface area contributed by atoms with E-state index in [-0.39, 0.29) is 30.8 Å². The molecule has 0 aliphatic carbocycles. The molecule has 3 N–H and O–H groups in total. The number of aromatic nitrogens is 4. The van der Waals surface area contributed by atoms with E-state index >= 15 is 0 Å². The predicted octanol–water partition coefficient (Wildman–Crippen LogP) is 4.14. The molecule has 10 nitrogen and oxygen atoms in total. The molecule has 2 aliphatic heterocycles. The molecular weight excluding hydrogens is 434 g/mol. The van der Waals surface area contributed by atoms with Crippen molar-refractivity contribution in [2.45, 2.75) is 50.7 Å². The minimum atomic E-state index is -0.246. The first-order valence-corrected chi connectivity index (χ1v) is 11.5. The van der Waals surface area contributed by atoms with Gasteiger partial charge >= 0.3 is 6.09 Å². The number of hydrogen-bond acceptors (Lipinski definition) is 8. The van der Waals surface area contributed by atoms with Crippen LogP contribution in [0, 0.1) is 6.92 Å². The number of amides is 1. The van der Waals surface area contributed by atoms with Crippen LogP contribution < -0.4 is 15.4 Å². The van der Waals surface area contributed by atoms with Crippen LogP contribution in [0.4, 0.5) is 22.2 Å². The van der Waals surface area contributed by atoms with Gasteiger partial charge in [-0.05, 0) is 38.7 Å². The van der Waals surface area contributed by atoms with Crippen LogP contribution in [0.3, 0.4) is 0 Å². The van der Waals surface area contributed by atoms with Crippen molar-refractivity contribution in [3.63, 3.8) is 0 Å². The van der Waals surface area contributed by atoms with Crippen LogP contribution in [-0.2, 0) is 4.74 Å². The lowest BCUT2D eigenvalue weighted by Crippen LogP contribution is -2.50. The number of H-pyrrole nitrogens is 1. The average molecular weight is 464 g/mol. The van der Waals surface area contributed by atoms with Crippen LogP contribution in [-0.4, -0.2) is 63.0 Å². The van der Waals surface area contributed by atoms with Crippen molar-refractivity contribution in [1.82, 2.24) is 25.1 Å². The molecule has 0 aromatic carbocycles. The summed E-state index contributed by atoms with van der Waals surface area (Å²) < 4.78 is 10.7. The van der Waals surface area contributed by atoms with E-state index in [0.717, 1.165) is 48.1 Å². The molecule has 2 saturated heterocycles. The normalized spacial score (nSPS) is 21.4. The SMILES string of the molecule is C=CCOC(=O)N1[C@@H]2CC[C@H]1CC(Nc1nc(Nc3cc(C)[nH]n3)cc3ncc(OC)cc13)C2. The van der Waals surface area contributed by atoms with E-state index in [4.69, 9.17) is 14.5 Å². The Labute approximate surface area is 197 Å². The first-order valence-electron chi connectivity index (χ1n) is 11.5. The minimum absolute atomic E-state index is 0.154. The fraction of sp³-hybridized carbons (Fsp3) is 0.417. The topological polar surface area (TPSA) is 117 Å². The van der Waals surface area contributed by atoms with Gasteiger partial charge in [0.2, 0.25) is 0 Å². The third-order valence-corrected chi connectivity index (χ3v) is 6.46. The minimum Gasteiger partial charge on any atom is -0.495 e. The van der Waals surface area contributed by atoms with Gasteiger partial charge in [0.25, 0.3) is 0 Å². The average Bonchev–Trinajstić information content (AvgIpc) is 3.36. The van der Waals surface area contributed by atoms with Crippen LogP contribution in [0.5, 0.6) is 5.75 Å². The quantitative estimate of drug-likeness (QED) is 0.448. The van der Waals surface area contributed by atoms with E-state index in [1.807, 2.05) is 30.0 Å². The molecule has 2 bridgehead atoms. The number of pyridine rings is 2. The standard InChI is InChI=1S/C24H29N7O3/c1-4-7-34-24(32)31-16-5-6-17(31)10-15(9-16)26-23-19-11-18(33-3)13-25-20(19)12-21(28-23)27-22-8-14(2)29-30-22/h4,8,11-13,15-17H,1,5-7,9-10H2,2-3H3,(H3,26,27,28,29,30)/t15?,16-,17+. The summed E-state index contributed by atoms with van der Waals surface area (Å²) in [6, 6.07) is 6.23. The van der Waals surface area contributed by atoms with Crippen LogP contribution in [0.15, 0.2) is 37.1 Å². The van der Waals surface area contributed by atoms with Gasteiger partial charge in [-0.1, -0.05) is 12.7 Å². The van der Waals surface area contributed by atoms with Crippen molar-refractivity contribution >= 4 is 34.4 Å². The summed E-state index contributed by atoms with van der Waals surface area (Å²) in [7, 11) is 1.62. The summed E-state index contributed by atoms with van der Waals surface area (Å²) in [6.45, 7) is 5.80. The fourth-order valence-corrected chi connectivity index (χ4v) is 4.99. The molecule has 1 unspecified atom stereocenters. The maximum absolute atomic E-state index is 12.5. The van der Waals surface area contributed by atoms with Crippen molar-refractivity contribution in [3.05, 3.63) is 42.7 Å². The van der Waals surface area contributed by atoms with Gasteiger partial charge in [0.1, 0.15) is 24.0 Å². The summed E-state index contributed by atoms with van der Waals surface area (Å²) in [5.74, 6) is 2.73. The molecular formula is C24H29N7O3. The highest BCUT2D eigenvalue weighted by molar-refractivity contribution is 5.92. The Bertz CT molecular complexity index is 1200. The van der Waals surface area contributed by atoms with Crippen molar-refractivity contribution in [1.29, 1.82) is 0 Å². The molecule has 178 valence electrons. The van der Waals surface area contributed by atoms with Gasteiger partial charge in [0.15, 0.2) is 5.82 Å². The van der Waals surface area contributed by atoms with Crippen LogP contribution in [0.25, 0.3) is 10.9 Å². The van der Waals surface area contributed by atoms with Crippen molar-refractivity contribution in [3.8, 4) is 5.75 Å². The highest BCUT2D eigenvalue weighted by Gasteiger charge is 2.44. The molecule has 2 fully saturated rings. The first kappa shape index (κ1) is 22.0. The molecule has 1 amide bonds. The number of carbonyl (C=O) groups is 1. The summed E-state index contributed by atoms with van der Waals surface area (Å²) in [6.07, 6.45) is 6.67. The highest BCUT2D eigenvalue weighted by atomic mass is 16.6. The zero-order valence-corrected chi connectivity index (χ0v) is 19.4. The largest absolute Gasteiger partial charge is 0.495 e. The Morgan fingerprint density at radius 2 is 2.06 bits per heavy atom. The number of piperidine rings is 1. The molecule has 5 rings (SSSR count). The lowest BCUT2D eigenvalue weighted by atomic mass is 9.97. The number of hydrogen-bond donors (Lipinski definition) is 3. The Hall–Kier alpha value is -3.82. The predicted molar refractivity (Wildman–Crippen MR) is 130 cm³/mol. The maximum atomic E-state index is 12.5. The third kappa shape index (κ3) is 4.35. The Morgan fingerprint density at radius 3 is 2.74 bits per heavy atom. The number of aryl methyl sites for hydroxylation is 1. The molecule has 10 heteroatoms. The van der Waals surface area contributed by atoms with E-state index in [1.54, 1.807) is 19.4 Å². The number of fused-ring (bicyclic) bond motifs is 3. The van der Waals surface area contributed by atoms with Gasteiger partial charge in [0.05, 0.1) is 18.8 Å². The first-order chi connectivity index (χ1) is 16.5. The number of nitrogens with one attached hydrogen (secondary N) is 3. The van der Waals surface area contributed by atoms with Gasteiger partial charge in [-0.25, -0.2) is 9.78 Å². The lowest BCUT2D eigenvalue weighted by Gasteiger charge is -2.38. The summed E-state index contributed by atoms with van der Waals surface area (Å²) in [5, 5.41) is 14.9. The monoisotopic (exact) mass is 463 g/mol. The second-order valence-electron chi connectivity index (χ2n) is 8.83. The van der Waals surface area contributed by atoms with Crippen molar-refractivity contribution < 1.29 is 14.3 Å². The van der Waals surface area contributed by atoms with Gasteiger partial charge in [0, 0.05) is 41.3 Å². The molecule has 3 aromatic rings. The lowest BCUT2D eigenvalue weighted by molar-refractivity contribution is 0.0749. The molecule has 2 aliphatic rings.